The highest BCUT2D eigenvalue weighted by atomic mass is 16.5. The lowest BCUT2D eigenvalue weighted by molar-refractivity contribution is -0.140. The minimum atomic E-state index is -0.851. The Morgan fingerprint density at radius 3 is 2.60 bits per heavy atom. The predicted molar refractivity (Wildman–Crippen MR) is 97.9 cm³/mol. The molecule has 0 aromatic rings. The Kier molecular flexibility index (Phi) is 8.23. The minimum Gasteiger partial charge on any atom is -0.366 e. The van der Waals surface area contributed by atoms with Gasteiger partial charge in [0.15, 0.2) is 5.78 Å². The summed E-state index contributed by atoms with van der Waals surface area (Å²) >= 11 is 0. The molecule has 5 heteroatoms. The summed E-state index contributed by atoms with van der Waals surface area (Å²) in [5, 5.41) is 0. The highest BCUT2D eigenvalue weighted by Crippen LogP contribution is 2.29. The molecule has 1 fully saturated rings. The van der Waals surface area contributed by atoms with Gasteiger partial charge in [0, 0.05) is 24.8 Å². The van der Waals surface area contributed by atoms with Crippen molar-refractivity contribution in [3.05, 3.63) is 23.3 Å². The molecule has 1 saturated heterocycles. The van der Waals surface area contributed by atoms with Gasteiger partial charge in [0.25, 0.3) is 0 Å². The van der Waals surface area contributed by atoms with Gasteiger partial charge in [0.2, 0.25) is 5.91 Å². The predicted octanol–water partition coefficient (Wildman–Crippen LogP) is 3.27. The molecule has 0 spiro atoms. The zero-order chi connectivity index (χ0) is 19.0. The molecule has 1 rings (SSSR count). The molecule has 1 aliphatic heterocycles. The summed E-state index contributed by atoms with van der Waals surface area (Å²) in [7, 11) is 0. The first-order valence-electron chi connectivity index (χ1n) is 8.96. The van der Waals surface area contributed by atoms with E-state index in [-0.39, 0.29) is 24.1 Å². The van der Waals surface area contributed by atoms with Gasteiger partial charge >= 0.3 is 0 Å². The Bertz CT molecular complexity index is 572. The number of hydrogen-bond donors (Lipinski definition) is 1. The fourth-order valence-electron chi connectivity index (χ4n) is 2.88. The molecule has 0 aromatic heterocycles. The number of Topliss-reactive ketones (excluding diaryl/α,β-unsaturated/α-hetero) is 2. The van der Waals surface area contributed by atoms with Crippen molar-refractivity contribution < 1.29 is 19.1 Å². The number of hydrogen-bond acceptors (Lipinski definition) is 4. The third-order valence-electron chi connectivity index (χ3n) is 4.74. The van der Waals surface area contributed by atoms with Crippen molar-refractivity contribution in [1.82, 2.24) is 0 Å². The molecule has 140 valence electrons. The molecule has 25 heavy (non-hydrogen) atoms. The monoisotopic (exact) mass is 349 g/mol. The highest BCUT2D eigenvalue weighted by Gasteiger charge is 2.35. The van der Waals surface area contributed by atoms with Crippen molar-refractivity contribution in [1.29, 1.82) is 0 Å². The van der Waals surface area contributed by atoms with Crippen LogP contribution in [0.4, 0.5) is 0 Å². The largest absolute Gasteiger partial charge is 0.366 e. The average Bonchev–Trinajstić information content (AvgIpc) is 2.66. The molecule has 5 nitrogen and oxygen atoms in total. The van der Waals surface area contributed by atoms with E-state index in [0.717, 1.165) is 24.0 Å². The standard InChI is InChI=1S/C20H31NO4/c1-14(2)7-9-17(22)15(3)6-5-11-20(4)18(23)10-8-16(13-25-20)12-19(21)24/h7,12,15H,5-6,8-11,13H2,1-4H3,(H2,21,24)/b16-12+/t15?,20-/m0/s1. The molecule has 2 N–H and O–H groups in total. The molecule has 0 radical (unpaired) electrons. The van der Waals surface area contributed by atoms with Gasteiger partial charge in [-0.15, -0.1) is 0 Å². The average molecular weight is 349 g/mol. The van der Waals surface area contributed by atoms with E-state index in [1.165, 1.54) is 6.08 Å². The molecule has 0 aromatic carbocycles. The molecule has 0 saturated carbocycles. The van der Waals surface area contributed by atoms with E-state index in [1.807, 2.05) is 26.8 Å². The number of ether oxygens (including phenoxy) is 1. The Hall–Kier alpha value is -1.75. The van der Waals surface area contributed by atoms with E-state index >= 15 is 0 Å². The third-order valence-corrected chi connectivity index (χ3v) is 4.74. The van der Waals surface area contributed by atoms with Crippen LogP contribution in [0, 0.1) is 5.92 Å². The van der Waals surface area contributed by atoms with Crippen molar-refractivity contribution in [3.8, 4) is 0 Å². The number of primary amides is 1. The van der Waals surface area contributed by atoms with E-state index in [2.05, 4.69) is 0 Å². The van der Waals surface area contributed by atoms with E-state index in [0.29, 0.717) is 25.7 Å². The number of carbonyl (C=O) groups is 3. The smallest absolute Gasteiger partial charge is 0.241 e. The van der Waals surface area contributed by atoms with Crippen LogP contribution < -0.4 is 5.73 Å². The number of rotatable bonds is 8. The molecular formula is C20H31NO4. The van der Waals surface area contributed by atoms with Crippen molar-refractivity contribution in [2.45, 2.75) is 71.8 Å². The molecule has 1 amide bonds. The Morgan fingerprint density at radius 2 is 2.00 bits per heavy atom. The quantitative estimate of drug-likeness (QED) is 0.538. The lowest BCUT2D eigenvalue weighted by atomic mass is 9.88. The van der Waals surface area contributed by atoms with Crippen LogP contribution in [0.3, 0.4) is 0 Å². The lowest BCUT2D eigenvalue weighted by Crippen LogP contribution is -2.37. The van der Waals surface area contributed by atoms with Crippen LogP contribution in [-0.4, -0.2) is 29.7 Å². The molecular weight excluding hydrogens is 318 g/mol. The topological polar surface area (TPSA) is 86.5 Å². The second kappa shape index (κ2) is 9.66. The van der Waals surface area contributed by atoms with Crippen molar-refractivity contribution in [2.75, 3.05) is 6.61 Å². The second-order valence-electron chi connectivity index (χ2n) is 7.39. The lowest BCUT2D eigenvalue weighted by Gasteiger charge is -2.27. The van der Waals surface area contributed by atoms with Gasteiger partial charge in [-0.1, -0.05) is 18.6 Å². The maximum atomic E-state index is 12.4. The first-order valence-corrected chi connectivity index (χ1v) is 8.96. The first kappa shape index (κ1) is 21.3. The molecule has 1 heterocycles. The van der Waals surface area contributed by atoms with E-state index in [4.69, 9.17) is 10.5 Å². The Labute approximate surface area is 150 Å². The van der Waals surface area contributed by atoms with Gasteiger partial charge in [-0.25, -0.2) is 0 Å². The first-order chi connectivity index (χ1) is 11.6. The summed E-state index contributed by atoms with van der Waals surface area (Å²) < 4.78 is 5.82. The number of allylic oxidation sites excluding steroid dienone is 2. The fraction of sp³-hybridized carbons (Fsp3) is 0.650. The minimum absolute atomic E-state index is 0.0228. The van der Waals surface area contributed by atoms with Gasteiger partial charge in [-0.2, -0.15) is 0 Å². The zero-order valence-corrected chi connectivity index (χ0v) is 15.9. The van der Waals surface area contributed by atoms with E-state index < -0.39 is 11.5 Å². The van der Waals surface area contributed by atoms with Crippen molar-refractivity contribution >= 4 is 17.5 Å². The van der Waals surface area contributed by atoms with Gasteiger partial charge in [-0.05, 0) is 52.0 Å². The molecule has 0 aliphatic carbocycles. The summed E-state index contributed by atoms with van der Waals surface area (Å²) in [5.41, 5.74) is 6.22. The summed E-state index contributed by atoms with van der Waals surface area (Å²) in [6.07, 6.45) is 6.70. The van der Waals surface area contributed by atoms with Crippen LogP contribution in [0.25, 0.3) is 0 Å². The number of nitrogens with two attached hydrogens (primary N) is 1. The summed E-state index contributed by atoms with van der Waals surface area (Å²) in [6, 6.07) is 0. The van der Waals surface area contributed by atoms with Gasteiger partial charge in [0.1, 0.15) is 11.4 Å². The van der Waals surface area contributed by atoms with Crippen LogP contribution in [0.2, 0.25) is 0 Å². The number of carbonyl (C=O) groups excluding carboxylic acids is 3. The molecule has 0 bridgehead atoms. The van der Waals surface area contributed by atoms with Crippen molar-refractivity contribution in [3.63, 3.8) is 0 Å². The third kappa shape index (κ3) is 7.34. The highest BCUT2D eigenvalue weighted by molar-refractivity contribution is 5.89. The second-order valence-corrected chi connectivity index (χ2v) is 7.39. The molecule has 2 atom stereocenters. The van der Waals surface area contributed by atoms with Gasteiger partial charge < -0.3 is 10.5 Å². The summed E-state index contributed by atoms with van der Waals surface area (Å²) in [5.74, 6) is -0.265. The van der Waals surface area contributed by atoms with E-state index in [9.17, 15) is 14.4 Å². The molecule has 1 aliphatic rings. The fourth-order valence-corrected chi connectivity index (χ4v) is 2.88. The summed E-state index contributed by atoms with van der Waals surface area (Å²) in [6.45, 7) is 7.95. The normalized spacial score (nSPS) is 23.8. The van der Waals surface area contributed by atoms with E-state index in [1.54, 1.807) is 6.92 Å². The maximum Gasteiger partial charge on any atom is 0.241 e. The summed E-state index contributed by atoms with van der Waals surface area (Å²) in [4.78, 5) is 35.5. The SMILES string of the molecule is CC(C)=CCC(=O)C(C)CCC[C@]1(C)OC/C(=C/C(N)=O)CCC1=O. The van der Waals surface area contributed by atoms with Crippen LogP contribution in [0.15, 0.2) is 23.3 Å². The zero-order valence-electron chi connectivity index (χ0n) is 15.9. The maximum absolute atomic E-state index is 12.4. The Morgan fingerprint density at radius 1 is 1.32 bits per heavy atom. The molecule has 1 unspecified atom stereocenters. The van der Waals surface area contributed by atoms with Crippen LogP contribution in [-0.2, 0) is 19.1 Å². The number of amides is 1. The number of ketones is 2. The van der Waals surface area contributed by atoms with Gasteiger partial charge in [-0.3, -0.25) is 14.4 Å². The van der Waals surface area contributed by atoms with Crippen LogP contribution in [0.5, 0.6) is 0 Å². The van der Waals surface area contributed by atoms with Gasteiger partial charge in [0.05, 0.1) is 6.61 Å². The Balaban J connectivity index is 2.54. The van der Waals surface area contributed by atoms with Crippen LogP contribution >= 0.6 is 0 Å². The van der Waals surface area contributed by atoms with Crippen molar-refractivity contribution in [2.24, 2.45) is 11.7 Å². The van der Waals surface area contributed by atoms with Crippen LogP contribution in [0.1, 0.15) is 66.2 Å².